The molecule has 2 N–H and O–H groups in total. The number of nitrogens with zero attached hydrogens (tertiary/aromatic N) is 2. The summed E-state index contributed by atoms with van der Waals surface area (Å²) < 4.78 is 0. The Morgan fingerprint density at radius 2 is 1.91 bits per heavy atom. The minimum atomic E-state index is -1.02. The third-order valence-electron chi connectivity index (χ3n) is 3.64. The molecule has 1 aromatic rings. The quantitative estimate of drug-likeness (QED) is 0.856. The molecule has 1 fully saturated rings. The zero-order chi connectivity index (χ0) is 16.3. The van der Waals surface area contributed by atoms with Crippen LogP contribution >= 0.6 is 0 Å². The molecule has 118 valence electrons. The van der Waals surface area contributed by atoms with E-state index in [0.29, 0.717) is 18.5 Å². The molecule has 2 unspecified atom stereocenters. The van der Waals surface area contributed by atoms with E-state index in [1.54, 1.807) is 38.4 Å². The van der Waals surface area contributed by atoms with Crippen LogP contribution in [0.15, 0.2) is 30.3 Å². The van der Waals surface area contributed by atoms with Gasteiger partial charge in [0.1, 0.15) is 12.1 Å². The van der Waals surface area contributed by atoms with Gasteiger partial charge in [-0.3, -0.25) is 4.79 Å². The van der Waals surface area contributed by atoms with Gasteiger partial charge in [-0.25, -0.2) is 9.59 Å². The van der Waals surface area contributed by atoms with Gasteiger partial charge in [0.25, 0.3) is 5.91 Å². The molecule has 2 atom stereocenters. The number of amides is 3. The van der Waals surface area contributed by atoms with Crippen molar-refractivity contribution in [2.75, 3.05) is 20.6 Å². The zero-order valence-corrected chi connectivity index (χ0v) is 12.5. The first-order valence-corrected chi connectivity index (χ1v) is 6.98. The van der Waals surface area contributed by atoms with Crippen molar-refractivity contribution in [3.63, 3.8) is 0 Å². The number of aliphatic carboxylic acids is 1. The summed E-state index contributed by atoms with van der Waals surface area (Å²) in [7, 11) is 3.15. The average molecular weight is 305 g/mol. The molecule has 0 saturated carbocycles. The molecule has 1 aliphatic rings. The molecule has 2 rings (SSSR count). The molecule has 0 radical (unpaired) electrons. The normalized spacial score (nSPS) is 18.1. The Morgan fingerprint density at radius 3 is 2.36 bits per heavy atom. The number of carboxylic acids is 1. The number of likely N-dealkylation sites (tertiary alicyclic amines) is 1. The van der Waals surface area contributed by atoms with Crippen LogP contribution in [0.2, 0.25) is 0 Å². The van der Waals surface area contributed by atoms with Crippen molar-refractivity contribution < 1.29 is 19.5 Å². The van der Waals surface area contributed by atoms with Crippen molar-refractivity contribution in [3.05, 3.63) is 35.9 Å². The zero-order valence-electron chi connectivity index (χ0n) is 12.5. The number of benzene rings is 1. The summed E-state index contributed by atoms with van der Waals surface area (Å²) in [6.45, 7) is 0.386. The number of hydrogen-bond donors (Lipinski definition) is 2. The summed E-state index contributed by atoms with van der Waals surface area (Å²) in [6, 6.07) is 6.69. The summed E-state index contributed by atoms with van der Waals surface area (Å²) in [5.74, 6) is -1.43. The molecular formula is C15H19N3O4. The van der Waals surface area contributed by atoms with E-state index < -0.39 is 30.0 Å². The first-order valence-electron chi connectivity index (χ1n) is 6.98. The first-order chi connectivity index (χ1) is 10.4. The topological polar surface area (TPSA) is 90.0 Å². The van der Waals surface area contributed by atoms with E-state index in [-0.39, 0.29) is 0 Å². The van der Waals surface area contributed by atoms with E-state index in [2.05, 4.69) is 5.32 Å². The van der Waals surface area contributed by atoms with Gasteiger partial charge in [-0.05, 0) is 12.0 Å². The van der Waals surface area contributed by atoms with Crippen LogP contribution in [-0.4, -0.2) is 59.5 Å². The SMILES string of the molecule is CN(C)C(=O)NC(C(=O)N1CCC1C(=O)O)c1ccccc1. The Labute approximate surface area is 128 Å². The maximum absolute atomic E-state index is 12.6. The molecule has 0 spiro atoms. The minimum Gasteiger partial charge on any atom is -0.480 e. The van der Waals surface area contributed by atoms with Gasteiger partial charge in [0.15, 0.2) is 0 Å². The smallest absolute Gasteiger partial charge is 0.326 e. The van der Waals surface area contributed by atoms with Crippen LogP contribution in [0.1, 0.15) is 18.0 Å². The van der Waals surface area contributed by atoms with Crippen molar-refractivity contribution in [3.8, 4) is 0 Å². The molecule has 0 bridgehead atoms. The molecule has 1 aromatic carbocycles. The second-order valence-corrected chi connectivity index (χ2v) is 5.36. The lowest BCUT2D eigenvalue weighted by Gasteiger charge is -2.40. The maximum Gasteiger partial charge on any atom is 0.326 e. The van der Waals surface area contributed by atoms with Crippen LogP contribution < -0.4 is 5.32 Å². The summed E-state index contributed by atoms with van der Waals surface area (Å²) in [4.78, 5) is 38.2. The number of rotatable bonds is 4. The van der Waals surface area contributed by atoms with E-state index in [1.807, 2.05) is 6.07 Å². The second kappa shape index (κ2) is 6.46. The highest BCUT2D eigenvalue weighted by Crippen LogP contribution is 2.24. The van der Waals surface area contributed by atoms with Gasteiger partial charge in [0.2, 0.25) is 0 Å². The van der Waals surface area contributed by atoms with E-state index in [0.717, 1.165) is 0 Å². The Kier molecular flexibility index (Phi) is 4.65. The van der Waals surface area contributed by atoms with Gasteiger partial charge >= 0.3 is 12.0 Å². The molecular weight excluding hydrogens is 286 g/mol. The fraction of sp³-hybridized carbons (Fsp3) is 0.400. The monoisotopic (exact) mass is 305 g/mol. The fourth-order valence-electron chi connectivity index (χ4n) is 2.26. The lowest BCUT2D eigenvalue weighted by molar-refractivity contribution is -0.158. The second-order valence-electron chi connectivity index (χ2n) is 5.36. The van der Waals surface area contributed by atoms with Crippen LogP contribution in [0.4, 0.5) is 4.79 Å². The molecule has 7 nitrogen and oxygen atoms in total. The Balaban J connectivity index is 2.22. The minimum absolute atomic E-state index is 0.386. The number of carbonyl (C=O) groups excluding carboxylic acids is 2. The Bertz CT molecular complexity index is 573. The fourth-order valence-corrected chi connectivity index (χ4v) is 2.26. The molecule has 0 aliphatic carbocycles. The summed E-state index contributed by atoms with van der Waals surface area (Å²) in [5.41, 5.74) is 0.624. The van der Waals surface area contributed by atoms with Crippen molar-refractivity contribution in [1.82, 2.24) is 15.1 Å². The predicted octanol–water partition coefficient (Wildman–Crippen LogP) is 0.684. The molecule has 1 saturated heterocycles. The van der Waals surface area contributed by atoms with E-state index >= 15 is 0 Å². The highest BCUT2D eigenvalue weighted by Gasteiger charge is 2.41. The van der Waals surface area contributed by atoms with Crippen molar-refractivity contribution in [1.29, 1.82) is 0 Å². The van der Waals surface area contributed by atoms with Crippen LogP contribution in [0.3, 0.4) is 0 Å². The standard InChI is InChI=1S/C15H19N3O4/c1-17(2)15(22)16-12(10-6-4-3-5-7-10)13(19)18-9-8-11(18)14(20)21/h3-7,11-12H,8-9H2,1-2H3,(H,16,22)(H,20,21). The summed E-state index contributed by atoms with van der Waals surface area (Å²) >= 11 is 0. The third kappa shape index (κ3) is 3.19. The number of urea groups is 1. The van der Waals surface area contributed by atoms with Crippen molar-refractivity contribution in [2.24, 2.45) is 0 Å². The van der Waals surface area contributed by atoms with Crippen LogP contribution in [0.5, 0.6) is 0 Å². The number of nitrogens with one attached hydrogen (secondary N) is 1. The first kappa shape index (κ1) is 15.8. The maximum atomic E-state index is 12.6. The third-order valence-corrected chi connectivity index (χ3v) is 3.64. The van der Waals surface area contributed by atoms with Crippen LogP contribution in [0, 0.1) is 0 Å². The van der Waals surface area contributed by atoms with E-state index in [9.17, 15) is 14.4 Å². The van der Waals surface area contributed by atoms with Crippen molar-refractivity contribution in [2.45, 2.75) is 18.5 Å². The van der Waals surface area contributed by atoms with Gasteiger partial charge in [0.05, 0.1) is 0 Å². The van der Waals surface area contributed by atoms with Crippen LogP contribution in [0.25, 0.3) is 0 Å². The van der Waals surface area contributed by atoms with Crippen molar-refractivity contribution >= 4 is 17.9 Å². The Hall–Kier alpha value is -2.57. The summed E-state index contributed by atoms with van der Waals surface area (Å²) in [6.07, 6.45) is 0.435. The van der Waals surface area contributed by atoms with Gasteiger partial charge < -0.3 is 20.2 Å². The van der Waals surface area contributed by atoms with E-state index in [1.165, 1.54) is 9.80 Å². The summed E-state index contributed by atoms with van der Waals surface area (Å²) in [5, 5.41) is 11.7. The predicted molar refractivity (Wildman–Crippen MR) is 79.2 cm³/mol. The molecule has 3 amide bonds. The highest BCUT2D eigenvalue weighted by molar-refractivity contribution is 5.92. The van der Waals surface area contributed by atoms with Gasteiger partial charge in [0, 0.05) is 20.6 Å². The molecule has 0 aromatic heterocycles. The van der Waals surface area contributed by atoms with Gasteiger partial charge in [-0.2, -0.15) is 0 Å². The Morgan fingerprint density at radius 1 is 1.27 bits per heavy atom. The number of hydrogen-bond acceptors (Lipinski definition) is 3. The molecule has 1 heterocycles. The molecule has 22 heavy (non-hydrogen) atoms. The van der Waals surface area contributed by atoms with Gasteiger partial charge in [-0.1, -0.05) is 30.3 Å². The van der Waals surface area contributed by atoms with Crippen LogP contribution in [-0.2, 0) is 9.59 Å². The molecule has 1 aliphatic heterocycles. The lowest BCUT2D eigenvalue weighted by Crippen LogP contribution is -2.58. The number of carbonyl (C=O) groups is 3. The highest BCUT2D eigenvalue weighted by atomic mass is 16.4. The van der Waals surface area contributed by atoms with E-state index in [4.69, 9.17) is 5.11 Å². The molecule has 7 heteroatoms. The lowest BCUT2D eigenvalue weighted by atomic mass is 9.98. The van der Waals surface area contributed by atoms with Gasteiger partial charge in [-0.15, -0.1) is 0 Å². The number of carboxylic acid groups (broad SMARTS) is 1. The average Bonchev–Trinajstić information content (AvgIpc) is 2.43. The largest absolute Gasteiger partial charge is 0.480 e.